The Hall–Kier alpha value is -0.0400. The molecule has 0 radical (unpaired) electrons. The number of hydrogen-bond acceptors (Lipinski definition) is 1. The van der Waals surface area contributed by atoms with Gasteiger partial charge >= 0.3 is 0 Å². The predicted octanol–water partition coefficient (Wildman–Crippen LogP) is 4.86. The van der Waals surface area contributed by atoms with Crippen LogP contribution in [0.25, 0.3) is 0 Å². The third-order valence-corrected chi connectivity index (χ3v) is 4.63. The molecule has 0 heterocycles. The van der Waals surface area contributed by atoms with Crippen LogP contribution in [0, 0.1) is 23.7 Å². The van der Waals surface area contributed by atoms with Gasteiger partial charge in [-0.1, -0.05) is 47.5 Å². The summed E-state index contributed by atoms with van der Waals surface area (Å²) in [6, 6.07) is 0.774. The molecule has 0 aromatic carbocycles. The lowest BCUT2D eigenvalue weighted by atomic mass is 9.83. The predicted molar refractivity (Wildman–Crippen MR) is 81.8 cm³/mol. The Morgan fingerprint density at radius 1 is 1.11 bits per heavy atom. The van der Waals surface area contributed by atoms with Gasteiger partial charge in [0.1, 0.15) is 0 Å². The van der Waals surface area contributed by atoms with E-state index in [9.17, 15) is 0 Å². The summed E-state index contributed by atoms with van der Waals surface area (Å²) < 4.78 is 0. The fraction of sp³-hybridized carbons (Fsp3) is 1.00. The maximum absolute atomic E-state index is 3.85. The maximum Gasteiger partial charge on any atom is 0.0100 e. The molecule has 0 amide bonds. The van der Waals surface area contributed by atoms with E-state index in [1.54, 1.807) is 0 Å². The fourth-order valence-corrected chi connectivity index (χ4v) is 3.85. The average Bonchev–Trinajstić information content (AvgIpc) is 2.69. The van der Waals surface area contributed by atoms with Gasteiger partial charge in [-0.2, -0.15) is 0 Å². The monoisotopic (exact) mass is 253 g/mol. The summed E-state index contributed by atoms with van der Waals surface area (Å²) in [5, 5.41) is 3.85. The van der Waals surface area contributed by atoms with E-state index in [-0.39, 0.29) is 0 Å². The molecule has 1 fully saturated rings. The first-order chi connectivity index (χ1) is 8.54. The highest BCUT2D eigenvalue weighted by Gasteiger charge is 2.31. The summed E-state index contributed by atoms with van der Waals surface area (Å²) in [5.74, 6) is 3.58. The lowest BCUT2D eigenvalue weighted by Crippen LogP contribution is -2.39. The van der Waals surface area contributed by atoms with Gasteiger partial charge in [-0.3, -0.25) is 0 Å². The zero-order valence-corrected chi connectivity index (χ0v) is 13.3. The summed E-state index contributed by atoms with van der Waals surface area (Å²) in [6.45, 7) is 13.1. The molecule has 1 heteroatoms. The van der Waals surface area contributed by atoms with Crippen molar-refractivity contribution in [1.82, 2.24) is 5.32 Å². The molecule has 18 heavy (non-hydrogen) atoms. The molecule has 4 unspecified atom stereocenters. The molecule has 1 N–H and O–H groups in total. The Kier molecular flexibility index (Phi) is 7.29. The first-order valence-electron chi connectivity index (χ1n) is 8.27. The Morgan fingerprint density at radius 2 is 1.83 bits per heavy atom. The lowest BCUT2D eigenvalue weighted by molar-refractivity contribution is 0.245. The van der Waals surface area contributed by atoms with Crippen LogP contribution in [0.3, 0.4) is 0 Å². The molecule has 1 saturated carbocycles. The molecule has 1 rings (SSSR count). The van der Waals surface area contributed by atoms with Crippen LogP contribution in [0.5, 0.6) is 0 Å². The smallest absolute Gasteiger partial charge is 0.0100 e. The van der Waals surface area contributed by atoms with E-state index in [4.69, 9.17) is 0 Å². The molecular weight excluding hydrogens is 218 g/mol. The molecule has 4 atom stereocenters. The van der Waals surface area contributed by atoms with E-state index in [0.29, 0.717) is 0 Å². The van der Waals surface area contributed by atoms with E-state index >= 15 is 0 Å². The summed E-state index contributed by atoms with van der Waals surface area (Å²) in [5.41, 5.74) is 0. The van der Waals surface area contributed by atoms with Crippen LogP contribution in [-0.4, -0.2) is 12.6 Å². The molecule has 1 aliphatic rings. The largest absolute Gasteiger partial charge is 0.314 e. The molecule has 0 aromatic rings. The average molecular weight is 253 g/mol. The van der Waals surface area contributed by atoms with Crippen LogP contribution in [0.15, 0.2) is 0 Å². The molecular formula is C17H35N. The quantitative estimate of drug-likeness (QED) is 0.651. The molecule has 0 aromatic heterocycles. The summed E-state index contributed by atoms with van der Waals surface area (Å²) in [7, 11) is 0. The minimum Gasteiger partial charge on any atom is -0.314 e. The van der Waals surface area contributed by atoms with Crippen molar-refractivity contribution < 1.29 is 0 Å². The van der Waals surface area contributed by atoms with Crippen molar-refractivity contribution in [3.63, 3.8) is 0 Å². The molecule has 1 nitrogen and oxygen atoms in total. The summed E-state index contributed by atoms with van der Waals surface area (Å²) in [6.07, 6.45) is 8.38. The van der Waals surface area contributed by atoms with Gasteiger partial charge in [-0.05, 0) is 55.9 Å². The molecule has 0 bridgehead atoms. The van der Waals surface area contributed by atoms with E-state index in [2.05, 4.69) is 39.9 Å². The topological polar surface area (TPSA) is 12.0 Å². The maximum atomic E-state index is 3.85. The number of hydrogen-bond donors (Lipinski definition) is 1. The second kappa shape index (κ2) is 8.19. The molecule has 1 aliphatic carbocycles. The van der Waals surface area contributed by atoms with Crippen molar-refractivity contribution in [2.24, 2.45) is 23.7 Å². The zero-order chi connectivity index (χ0) is 13.5. The van der Waals surface area contributed by atoms with Crippen LogP contribution in [0.2, 0.25) is 0 Å². The van der Waals surface area contributed by atoms with Crippen LogP contribution in [0.1, 0.15) is 73.1 Å². The third-order valence-electron chi connectivity index (χ3n) is 4.63. The van der Waals surface area contributed by atoms with Gasteiger partial charge in [-0.25, -0.2) is 0 Å². The van der Waals surface area contributed by atoms with Gasteiger partial charge in [0.25, 0.3) is 0 Å². The van der Waals surface area contributed by atoms with Crippen molar-refractivity contribution in [1.29, 1.82) is 0 Å². The molecule has 0 saturated heterocycles. The van der Waals surface area contributed by atoms with Crippen molar-refractivity contribution in [2.45, 2.75) is 79.2 Å². The van der Waals surface area contributed by atoms with Crippen molar-refractivity contribution in [3.05, 3.63) is 0 Å². The molecule has 0 aliphatic heterocycles. The van der Waals surface area contributed by atoms with Crippen LogP contribution >= 0.6 is 0 Å². The van der Waals surface area contributed by atoms with Gasteiger partial charge in [0, 0.05) is 6.04 Å². The summed E-state index contributed by atoms with van der Waals surface area (Å²) >= 11 is 0. The standard InChI is InChI=1S/C17H35N/c1-6-10-18-17(12-14(4)11-13(2)3)16-9-7-8-15(16)5/h13-18H,6-12H2,1-5H3. The van der Waals surface area contributed by atoms with Gasteiger partial charge in [0.2, 0.25) is 0 Å². The summed E-state index contributed by atoms with van der Waals surface area (Å²) in [4.78, 5) is 0. The first-order valence-corrected chi connectivity index (χ1v) is 8.27. The SMILES string of the molecule is CCCNC(CC(C)CC(C)C)C1CCCC1C. The van der Waals surface area contributed by atoms with E-state index < -0.39 is 0 Å². The highest BCUT2D eigenvalue weighted by molar-refractivity contribution is 4.86. The Labute approximate surface area is 115 Å². The Morgan fingerprint density at radius 3 is 2.33 bits per heavy atom. The highest BCUT2D eigenvalue weighted by Crippen LogP contribution is 2.36. The third kappa shape index (κ3) is 5.30. The van der Waals surface area contributed by atoms with E-state index in [1.807, 2.05) is 0 Å². The Balaban J connectivity index is 2.49. The van der Waals surface area contributed by atoms with Gasteiger partial charge in [0.15, 0.2) is 0 Å². The van der Waals surface area contributed by atoms with E-state index in [1.165, 1.54) is 45.1 Å². The van der Waals surface area contributed by atoms with Crippen molar-refractivity contribution >= 4 is 0 Å². The number of rotatable bonds is 8. The van der Waals surface area contributed by atoms with Crippen LogP contribution in [-0.2, 0) is 0 Å². The van der Waals surface area contributed by atoms with E-state index in [0.717, 1.165) is 29.7 Å². The van der Waals surface area contributed by atoms with Crippen molar-refractivity contribution in [3.8, 4) is 0 Å². The van der Waals surface area contributed by atoms with Crippen LogP contribution < -0.4 is 5.32 Å². The Bertz CT molecular complexity index is 212. The first kappa shape index (κ1) is 16.0. The van der Waals surface area contributed by atoms with Gasteiger partial charge < -0.3 is 5.32 Å². The van der Waals surface area contributed by atoms with Crippen LogP contribution in [0.4, 0.5) is 0 Å². The van der Waals surface area contributed by atoms with Gasteiger partial charge in [-0.15, -0.1) is 0 Å². The molecule has 0 spiro atoms. The second-order valence-corrected chi connectivity index (χ2v) is 7.10. The second-order valence-electron chi connectivity index (χ2n) is 7.10. The number of nitrogens with one attached hydrogen (secondary N) is 1. The fourth-order valence-electron chi connectivity index (χ4n) is 3.85. The molecule has 108 valence electrons. The normalized spacial score (nSPS) is 27.7. The minimum absolute atomic E-state index is 0.774. The van der Waals surface area contributed by atoms with Crippen molar-refractivity contribution in [2.75, 3.05) is 6.54 Å². The minimum atomic E-state index is 0.774. The highest BCUT2D eigenvalue weighted by atomic mass is 14.9. The van der Waals surface area contributed by atoms with Gasteiger partial charge in [0.05, 0.1) is 0 Å². The zero-order valence-electron chi connectivity index (χ0n) is 13.3. The lowest BCUT2D eigenvalue weighted by Gasteiger charge is -2.31.